The van der Waals surface area contributed by atoms with Gasteiger partial charge in [0.15, 0.2) is 0 Å². The van der Waals surface area contributed by atoms with Crippen molar-refractivity contribution in [1.82, 2.24) is 9.88 Å². The maximum absolute atomic E-state index is 10.9. The first kappa shape index (κ1) is 13.1. The van der Waals surface area contributed by atoms with Crippen molar-refractivity contribution < 1.29 is 9.90 Å². The number of anilines is 1. The lowest BCUT2D eigenvalue weighted by molar-refractivity contribution is 0.0697. The van der Waals surface area contributed by atoms with Crippen LogP contribution in [0, 0.1) is 0 Å². The molecule has 1 aliphatic rings. The van der Waals surface area contributed by atoms with Gasteiger partial charge in [-0.05, 0) is 32.0 Å². The summed E-state index contributed by atoms with van der Waals surface area (Å²) in [6.45, 7) is 4.01. The molecule has 1 aromatic heterocycles. The second-order valence-corrected chi connectivity index (χ2v) is 4.74. The van der Waals surface area contributed by atoms with Gasteiger partial charge in [-0.15, -0.1) is 0 Å². The van der Waals surface area contributed by atoms with Gasteiger partial charge in [-0.3, -0.25) is 0 Å². The van der Waals surface area contributed by atoms with Gasteiger partial charge in [0.2, 0.25) is 0 Å². The first-order chi connectivity index (χ1) is 8.66. The molecule has 0 spiro atoms. The highest BCUT2D eigenvalue weighted by Crippen LogP contribution is 2.17. The topological polar surface area (TPSA) is 65.5 Å². The monoisotopic (exact) mass is 269 g/mol. The lowest BCUT2D eigenvalue weighted by Crippen LogP contribution is -2.26. The Balaban J connectivity index is 1.88. The van der Waals surface area contributed by atoms with Crippen molar-refractivity contribution >= 4 is 23.4 Å². The molecule has 0 atom stereocenters. The number of pyridine rings is 1. The molecule has 1 fully saturated rings. The zero-order valence-electron chi connectivity index (χ0n) is 10.0. The molecule has 2 N–H and O–H groups in total. The molecule has 0 radical (unpaired) electrons. The maximum atomic E-state index is 10.9. The number of carbonyl (C=O) groups is 1. The summed E-state index contributed by atoms with van der Waals surface area (Å²) in [7, 11) is 0. The fraction of sp³-hybridized carbons (Fsp3) is 0.500. The largest absolute Gasteiger partial charge is 0.478 e. The first-order valence-corrected chi connectivity index (χ1v) is 6.39. The molecule has 98 valence electrons. The smallest absolute Gasteiger partial charge is 0.337 e. The lowest BCUT2D eigenvalue weighted by atomic mass is 10.2. The molecule has 0 bridgehead atoms. The predicted molar refractivity (Wildman–Crippen MR) is 70.4 cm³/mol. The average molecular weight is 270 g/mol. The molecule has 6 heteroatoms. The van der Waals surface area contributed by atoms with Crippen LogP contribution in [0.3, 0.4) is 0 Å². The summed E-state index contributed by atoms with van der Waals surface area (Å²) in [6, 6.07) is 1.47. The van der Waals surface area contributed by atoms with E-state index in [9.17, 15) is 4.79 Å². The van der Waals surface area contributed by atoms with Crippen LogP contribution in [0.4, 0.5) is 5.82 Å². The van der Waals surface area contributed by atoms with Crippen LogP contribution < -0.4 is 5.32 Å². The van der Waals surface area contributed by atoms with E-state index in [2.05, 4.69) is 15.2 Å². The quantitative estimate of drug-likeness (QED) is 0.855. The van der Waals surface area contributed by atoms with E-state index in [0.29, 0.717) is 5.82 Å². The van der Waals surface area contributed by atoms with Crippen molar-refractivity contribution in [2.75, 3.05) is 31.5 Å². The Labute approximate surface area is 111 Å². The highest BCUT2D eigenvalue weighted by Gasteiger charge is 2.12. The highest BCUT2D eigenvalue weighted by molar-refractivity contribution is 6.33. The minimum Gasteiger partial charge on any atom is -0.478 e. The van der Waals surface area contributed by atoms with E-state index in [4.69, 9.17) is 16.7 Å². The second-order valence-electron chi connectivity index (χ2n) is 4.33. The van der Waals surface area contributed by atoms with Gasteiger partial charge in [0.1, 0.15) is 5.82 Å². The Hall–Kier alpha value is -1.33. The fourth-order valence-electron chi connectivity index (χ4n) is 2.05. The van der Waals surface area contributed by atoms with E-state index in [1.54, 1.807) is 0 Å². The van der Waals surface area contributed by atoms with Crippen molar-refractivity contribution in [2.45, 2.75) is 12.8 Å². The molecule has 1 saturated heterocycles. The molecule has 0 aliphatic carbocycles. The normalized spacial score (nSPS) is 15.8. The lowest BCUT2D eigenvalue weighted by Gasteiger charge is -2.15. The van der Waals surface area contributed by atoms with Crippen molar-refractivity contribution in [1.29, 1.82) is 0 Å². The number of hydrogen-bond donors (Lipinski definition) is 2. The van der Waals surface area contributed by atoms with Crippen molar-refractivity contribution in [3.05, 3.63) is 22.8 Å². The molecular formula is C12H16ClN3O2. The van der Waals surface area contributed by atoms with Crippen LogP contribution in [0.5, 0.6) is 0 Å². The Morgan fingerprint density at radius 1 is 1.50 bits per heavy atom. The molecule has 2 heterocycles. The van der Waals surface area contributed by atoms with Crippen LogP contribution in [0.15, 0.2) is 12.3 Å². The zero-order chi connectivity index (χ0) is 13.0. The van der Waals surface area contributed by atoms with E-state index >= 15 is 0 Å². The maximum Gasteiger partial charge on any atom is 0.337 e. The molecule has 0 saturated carbocycles. The third-order valence-electron chi connectivity index (χ3n) is 3.02. The number of halogens is 1. The van der Waals surface area contributed by atoms with Gasteiger partial charge in [0, 0.05) is 19.3 Å². The molecule has 0 amide bonds. The van der Waals surface area contributed by atoms with Gasteiger partial charge in [0.05, 0.1) is 10.6 Å². The summed E-state index contributed by atoms with van der Waals surface area (Å²) >= 11 is 5.75. The summed E-state index contributed by atoms with van der Waals surface area (Å²) in [6.07, 6.45) is 3.90. The standard InChI is InChI=1S/C12H16ClN3O2/c13-10-8-15-11(7-9(10)12(17)18)14-3-6-16-4-1-2-5-16/h7-8H,1-6H2,(H,14,15)(H,17,18). The summed E-state index contributed by atoms with van der Waals surface area (Å²) in [5.74, 6) is -0.485. The molecule has 18 heavy (non-hydrogen) atoms. The fourth-order valence-corrected chi connectivity index (χ4v) is 2.23. The number of carboxylic acid groups (broad SMARTS) is 1. The number of aromatic nitrogens is 1. The van der Waals surface area contributed by atoms with Gasteiger partial charge < -0.3 is 15.3 Å². The third kappa shape index (κ3) is 3.34. The Morgan fingerprint density at radius 2 is 2.22 bits per heavy atom. The molecule has 2 rings (SSSR count). The van der Waals surface area contributed by atoms with Crippen molar-refractivity contribution in [2.24, 2.45) is 0 Å². The van der Waals surface area contributed by atoms with E-state index in [-0.39, 0.29) is 10.6 Å². The molecule has 5 nitrogen and oxygen atoms in total. The molecular weight excluding hydrogens is 254 g/mol. The van der Waals surface area contributed by atoms with Crippen LogP contribution in [0.1, 0.15) is 23.2 Å². The van der Waals surface area contributed by atoms with E-state index < -0.39 is 5.97 Å². The first-order valence-electron chi connectivity index (χ1n) is 6.02. The van der Waals surface area contributed by atoms with Gasteiger partial charge >= 0.3 is 5.97 Å². The number of likely N-dealkylation sites (tertiary alicyclic amines) is 1. The summed E-state index contributed by atoms with van der Waals surface area (Å²) in [4.78, 5) is 17.3. The number of hydrogen-bond acceptors (Lipinski definition) is 4. The number of carboxylic acids is 1. The number of nitrogens with zero attached hydrogens (tertiary/aromatic N) is 2. The average Bonchev–Trinajstić information content (AvgIpc) is 2.84. The van der Waals surface area contributed by atoms with Gasteiger partial charge in [-0.1, -0.05) is 11.6 Å². The number of aromatic carboxylic acids is 1. The highest BCUT2D eigenvalue weighted by atomic mass is 35.5. The van der Waals surface area contributed by atoms with Crippen molar-refractivity contribution in [3.63, 3.8) is 0 Å². The summed E-state index contributed by atoms with van der Waals surface area (Å²) in [5.41, 5.74) is 0.0790. The van der Waals surface area contributed by atoms with Gasteiger partial charge in [-0.25, -0.2) is 9.78 Å². The van der Waals surface area contributed by atoms with Crippen LogP contribution in [-0.4, -0.2) is 47.1 Å². The number of rotatable bonds is 5. The van der Waals surface area contributed by atoms with Gasteiger partial charge in [-0.2, -0.15) is 0 Å². The molecule has 0 unspecified atom stereocenters. The summed E-state index contributed by atoms with van der Waals surface area (Å²) < 4.78 is 0. The Morgan fingerprint density at radius 3 is 2.89 bits per heavy atom. The van der Waals surface area contributed by atoms with E-state index in [1.807, 2.05) is 0 Å². The van der Waals surface area contributed by atoms with Crippen LogP contribution in [0.2, 0.25) is 5.02 Å². The van der Waals surface area contributed by atoms with Crippen LogP contribution in [0.25, 0.3) is 0 Å². The minimum absolute atomic E-state index is 0.0790. The molecule has 0 aromatic carbocycles. The van der Waals surface area contributed by atoms with Crippen LogP contribution in [-0.2, 0) is 0 Å². The predicted octanol–water partition coefficient (Wildman–Crippen LogP) is 1.94. The second kappa shape index (κ2) is 6.02. The van der Waals surface area contributed by atoms with E-state index in [0.717, 1.165) is 26.2 Å². The number of nitrogens with one attached hydrogen (secondary N) is 1. The minimum atomic E-state index is -1.04. The molecule has 1 aliphatic heterocycles. The van der Waals surface area contributed by atoms with E-state index in [1.165, 1.54) is 25.1 Å². The Kier molecular flexibility index (Phi) is 4.38. The molecule has 1 aromatic rings. The van der Waals surface area contributed by atoms with Gasteiger partial charge in [0.25, 0.3) is 0 Å². The van der Waals surface area contributed by atoms with Crippen molar-refractivity contribution in [3.8, 4) is 0 Å². The SMILES string of the molecule is O=C(O)c1cc(NCCN2CCCC2)ncc1Cl. The third-order valence-corrected chi connectivity index (χ3v) is 3.32. The summed E-state index contributed by atoms with van der Waals surface area (Å²) in [5, 5.41) is 12.2. The Bertz CT molecular complexity index is 433. The van der Waals surface area contributed by atoms with Crippen LogP contribution >= 0.6 is 11.6 Å². The zero-order valence-corrected chi connectivity index (χ0v) is 10.8.